The van der Waals surface area contributed by atoms with Gasteiger partial charge in [-0.15, -0.1) is 0 Å². The largest absolute Gasteiger partial charge is 0.348 e. The minimum Gasteiger partial charge on any atom is -0.348 e. The lowest BCUT2D eigenvalue weighted by Crippen LogP contribution is -2.23. The third-order valence-corrected chi connectivity index (χ3v) is 6.99. The van der Waals surface area contributed by atoms with Crippen LogP contribution in [0.4, 0.5) is 5.69 Å². The molecule has 34 heavy (non-hydrogen) atoms. The maximum Gasteiger partial charge on any atom is 0.261 e. The number of benzene rings is 3. The Balaban J connectivity index is 1.40. The number of imidazole rings is 1. The van der Waals surface area contributed by atoms with Gasteiger partial charge in [-0.3, -0.25) is 9.52 Å². The Morgan fingerprint density at radius 3 is 2.32 bits per heavy atom. The van der Waals surface area contributed by atoms with Crippen molar-refractivity contribution < 1.29 is 13.2 Å². The van der Waals surface area contributed by atoms with E-state index in [1.165, 1.54) is 30.3 Å². The Hall–Kier alpha value is -3.62. The Labute approximate surface area is 203 Å². The molecule has 0 unspecified atom stereocenters. The summed E-state index contributed by atoms with van der Waals surface area (Å²) in [6.45, 7) is 4.14. The topological polar surface area (TPSA) is 93.1 Å². The van der Waals surface area contributed by atoms with Crippen LogP contribution in [0.5, 0.6) is 0 Å². The van der Waals surface area contributed by atoms with Crippen LogP contribution in [0.1, 0.15) is 27.3 Å². The van der Waals surface area contributed by atoms with Crippen LogP contribution < -0.4 is 10.0 Å². The van der Waals surface area contributed by atoms with Gasteiger partial charge in [0.05, 0.1) is 15.6 Å². The Kier molecular flexibility index (Phi) is 6.72. The molecule has 4 aromatic rings. The number of amides is 1. The number of hydrogen-bond acceptors (Lipinski definition) is 4. The molecule has 7 nitrogen and oxygen atoms in total. The maximum atomic E-state index is 12.6. The number of carbonyl (C=O) groups is 1. The smallest absolute Gasteiger partial charge is 0.261 e. The first-order valence-corrected chi connectivity index (χ1v) is 12.4. The summed E-state index contributed by atoms with van der Waals surface area (Å²) in [7, 11) is -3.80. The molecule has 1 amide bonds. The number of aryl methyl sites for hydroxylation is 2. The molecule has 1 aromatic heterocycles. The lowest BCUT2D eigenvalue weighted by Gasteiger charge is -2.12. The number of sulfonamides is 1. The summed E-state index contributed by atoms with van der Waals surface area (Å²) in [5.41, 5.74) is 3.40. The molecule has 3 aromatic carbocycles. The van der Waals surface area contributed by atoms with Gasteiger partial charge in [-0.25, -0.2) is 13.4 Å². The molecule has 2 N–H and O–H groups in total. The van der Waals surface area contributed by atoms with Crippen LogP contribution in [0.15, 0.2) is 84.0 Å². The van der Waals surface area contributed by atoms with E-state index in [1.807, 2.05) is 48.9 Å². The van der Waals surface area contributed by atoms with Crippen molar-refractivity contribution >= 4 is 33.2 Å². The Morgan fingerprint density at radius 2 is 1.71 bits per heavy atom. The van der Waals surface area contributed by atoms with Gasteiger partial charge in [-0.2, -0.15) is 0 Å². The van der Waals surface area contributed by atoms with E-state index < -0.39 is 10.0 Å². The molecule has 0 fully saturated rings. The number of nitrogens with zero attached hydrogens (tertiary/aromatic N) is 2. The van der Waals surface area contributed by atoms with Crippen molar-refractivity contribution in [3.05, 3.63) is 107 Å². The predicted octanol–water partition coefficient (Wildman–Crippen LogP) is 4.87. The molecule has 174 valence electrons. The summed E-state index contributed by atoms with van der Waals surface area (Å²) in [6, 6.07) is 18.7. The summed E-state index contributed by atoms with van der Waals surface area (Å²) >= 11 is 6.27. The van der Waals surface area contributed by atoms with E-state index in [0.717, 1.165) is 22.6 Å². The van der Waals surface area contributed by atoms with Crippen molar-refractivity contribution in [3.63, 3.8) is 0 Å². The Bertz CT molecular complexity index is 1430. The van der Waals surface area contributed by atoms with Gasteiger partial charge in [0.1, 0.15) is 5.82 Å². The zero-order valence-corrected chi connectivity index (χ0v) is 20.2. The van der Waals surface area contributed by atoms with Crippen LogP contribution in [0.25, 0.3) is 5.69 Å². The first-order chi connectivity index (χ1) is 16.2. The van der Waals surface area contributed by atoms with Crippen LogP contribution in [-0.2, 0) is 16.6 Å². The van der Waals surface area contributed by atoms with Crippen LogP contribution in [0.2, 0.25) is 5.02 Å². The second kappa shape index (κ2) is 9.70. The summed E-state index contributed by atoms with van der Waals surface area (Å²) in [4.78, 5) is 16.9. The van der Waals surface area contributed by atoms with Crippen molar-refractivity contribution in [2.24, 2.45) is 0 Å². The van der Waals surface area contributed by atoms with E-state index in [1.54, 1.807) is 18.3 Å². The number of aromatic nitrogens is 2. The average molecular weight is 495 g/mol. The number of anilines is 1. The van der Waals surface area contributed by atoms with E-state index in [4.69, 9.17) is 11.6 Å². The van der Waals surface area contributed by atoms with Gasteiger partial charge in [0.25, 0.3) is 15.9 Å². The first kappa shape index (κ1) is 23.5. The third-order valence-electron chi connectivity index (χ3n) is 5.30. The minimum absolute atomic E-state index is 0.128. The highest BCUT2D eigenvalue weighted by molar-refractivity contribution is 7.92. The number of hydrogen-bond donors (Lipinski definition) is 2. The molecule has 0 aliphatic rings. The van der Waals surface area contributed by atoms with Gasteiger partial charge in [-0.1, -0.05) is 41.4 Å². The fraction of sp³-hybridized carbons (Fsp3) is 0.120. The van der Waals surface area contributed by atoms with Crippen molar-refractivity contribution in [1.82, 2.24) is 14.9 Å². The van der Waals surface area contributed by atoms with Crippen LogP contribution in [-0.4, -0.2) is 23.9 Å². The number of carbonyl (C=O) groups excluding carboxylic acids is 1. The molecule has 1 heterocycles. The Morgan fingerprint density at radius 1 is 1.00 bits per heavy atom. The van der Waals surface area contributed by atoms with E-state index in [2.05, 4.69) is 15.0 Å². The molecule has 0 spiro atoms. The van der Waals surface area contributed by atoms with Crippen LogP contribution in [0.3, 0.4) is 0 Å². The molecule has 0 radical (unpaired) electrons. The summed E-state index contributed by atoms with van der Waals surface area (Å²) in [5, 5.41) is 2.98. The maximum absolute atomic E-state index is 12.6. The minimum atomic E-state index is -3.80. The van der Waals surface area contributed by atoms with Gasteiger partial charge in [0.15, 0.2) is 0 Å². The van der Waals surface area contributed by atoms with Gasteiger partial charge in [0.2, 0.25) is 0 Å². The monoisotopic (exact) mass is 494 g/mol. The fourth-order valence-corrected chi connectivity index (χ4v) is 4.73. The number of nitrogens with one attached hydrogen (secondary N) is 2. The van der Waals surface area contributed by atoms with Gasteiger partial charge in [-0.05, 0) is 61.9 Å². The van der Waals surface area contributed by atoms with E-state index in [0.29, 0.717) is 12.1 Å². The van der Waals surface area contributed by atoms with Crippen molar-refractivity contribution in [1.29, 1.82) is 0 Å². The van der Waals surface area contributed by atoms with Crippen molar-refractivity contribution in [2.75, 3.05) is 4.72 Å². The lowest BCUT2D eigenvalue weighted by molar-refractivity contribution is 0.0951. The second-order valence-corrected chi connectivity index (χ2v) is 9.90. The van der Waals surface area contributed by atoms with E-state index in [-0.39, 0.29) is 21.5 Å². The number of rotatable bonds is 7. The standard InChI is InChI=1S/C25H23ClN4O3S/c1-17-3-10-22(11-4-17)34(32,33)29-24-12-7-20(15-23(24)26)25(31)28-16-19-5-8-21(9-6-19)30-14-13-27-18(30)2/h3-15,29H,16H2,1-2H3,(H,28,31). The highest BCUT2D eigenvalue weighted by Crippen LogP contribution is 2.26. The molecule has 0 aliphatic heterocycles. The molecule has 0 aliphatic carbocycles. The first-order valence-electron chi connectivity index (χ1n) is 10.5. The highest BCUT2D eigenvalue weighted by atomic mass is 35.5. The van der Waals surface area contributed by atoms with E-state index >= 15 is 0 Å². The van der Waals surface area contributed by atoms with Gasteiger partial charge < -0.3 is 9.88 Å². The van der Waals surface area contributed by atoms with Gasteiger partial charge in [0, 0.05) is 30.2 Å². The quantitative estimate of drug-likeness (QED) is 0.383. The molecule has 0 bridgehead atoms. The molecule has 4 rings (SSSR count). The van der Waals surface area contributed by atoms with Crippen molar-refractivity contribution in [2.45, 2.75) is 25.3 Å². The molecule has 0 saturated carbocycles. The SMILES string of the molecule is Cc1ccc(S(=O)(=O)Nc2ccc(C(=O)NCc3ccc(-n4ccnc4C)cc3)cc2Cl)cc1. The van der Waals surface area contributed by atoms with E-state index in [9.17, 15) is 13.2 Å². The molecule has 0 atom stereocenters. The normalized spacial score (nSPS) is 11.3. The van der Waals surface area contributed by atoms with Crippen LogP contribution >= 0.6 is 11.6 Å². The summed E-state index contributed by atoms with van der Waals surface area (Å²) in [5.74, 6) is 0.576. The molecule has 9 heteroatoms. The van der Waals surface area contributed by atoms with Crippen molar-refractivity contribution in [3.8, 4) is 5.69 Å². The molecular weight excluding hydrogens is 472 g/mol. The summed E-state index contributed by atoms with van der Waals surface area (Å²) in [6.07, 6.45) is 3.63. The third kappa shape index (κ3) is 5.30. The predicted molar refractivity (Wildman–Crippen MR) is 133 cm³/mol. The average Bonchev–Trinajstić information content (AvgIpc) is 3.25. The summed E-state index contributed by atoms with van der Waals surface area (Å²) < 4.78 is 29.7. The highest BCUT2D eigenvalue weighted by Gasteiger charge is 2.17. The molecular formula is C25H23ClN4O3S. The number of halogens is 1. The fourth-order valence-electron chi connectivity index (χ4n) is 3.37. The second-order valence-electron chi connectivity index (χ2n) is 7.81. The molecule has 0 saturated heterocycles. The van der Waals surface area contributed by atoms with Gasteiger partial charge >= 0.3 is 0 Å². The van der Waals surface area contributed by atoms with Crippen LogP contribution in [0, 0.1) is 13.8 Å². The zero-order valence-electron chi connectivity index (χ0n) is 18.6. The zero-order chi connectivity index (χ0) is 24.3. The lowest BCUT2D eigenvalue weighted by atomic mass is 10.1.